The van der Waals surface area contributed by atoms with Gasteiger partial charge < -0.3 is 4.43 Å². The van der Waals surface area contributed by atoms with Gasteiger partial charge in [0.2, 0.25) is 0 Å². The molecule has 0 fully saturated rings. The zero-order valence-corrected chi connectivity index (χ0v) is 21.0. The summed E-state index contributed by atoms with van der Waals surface area (Å²) in [5.74, 6) is 0. The minimum Gasteiger partial charge on any atom is -0.421 e. The van der Waals surface area contributed by atoms with Crippen LogP contribution in [0.15, 0.2) is 0 Å². The number of unbranched alkanes of at least 4 members (excludes halogenated alkanes) is 15. The van der Waals surface area contributed by atoms with Gasteiger partial charge in [-0.05, 0) is 18.9 Å². The second-order valence-corrected chi connectivity index (χ2v) is 10.2. The molecule has 0 aliphatic heterocycles. The highest BCUT2D eigenvalue weighted by atomic mass is 28.2. The van der Waals surface area contributed by atoms with Crippen molar-refractivity contribution in [2.45, 2.75) is 161 Å². The highest BCUT2D eigenvalue weighted by molar-refractivity contribution is 6.27. The quantitative estimate of drug-likeness (QED) is 0.123. The average molecular weight is 399 g/mol. The summed E-state index contributed by atoms with van der Waals surface area (Å²) in [5.41, 5.74) is 0. The van der Waals surface area contributed by atoms with Crippen molar-refractivity contribution in [3.05, 3.63) is 0 Å². The Balaban J connectivity index is 3.23. The van der Waals surface area contributed by atoms with E-state index in [1.54, 1.807) is 0 Å². The molecule has 0 heterocycles. The zero-order chi connectivity index (χ0) is 19.8. The molecule has 2 heteroatoms. The predicted molar refractivity (Wildman–Crippen MR) is 128 cm³/mol. The number of hydrogen-bond acceptors (Lipinski definition) is 1. The molecule has 0 amide bonds. The van der Waals surface area contributed by atoms with Gasteiger partial charge in [-0.1, -0.05) is 136 Å². The molecule has 0 spiro atoms. The molecular weight excluding hydrogens is 344 g/mol. The predicted octanol–water partition coefficient (Wildman–Crippen LogP) is 8.74. The van der Waals surface area contributed by atoms with Crippen LogP contribution in [0.25, 0.3) is 0 Å². The van der Waals surface area contributed by atoms with Crippen LogP contribution < -0.4 is 0 Å². The van der Waals surface area contributed by atoms with Crippen LogP contribution in [0.2, 0.25) is 6.04 Å². The SMILES string of the molecule is CCCCCCCCCCCCCCCC[SiH2]OC(CCC)CCCCC. The maximum Gasteiger partial charge on any atom is 0.161 e. The van der Waals surface area contributed by atoms with E-state index in [4.69, 9.17) is 4.43 Å². The van der Waals surface area contributed by atoms with Crippen LogP contribution in [-0.4, -0.2) is 15.9 Å². The minimum atomic E-state index is -0.252. The van der Waals surface area contributed by atoms with E-state index in [0.29, 0.717) is 6.10 Å². The first-order valence-corrected chi connectivity index (χ1v) is 14.5. The second kappa shape index (κ2) is 24.2. The Labute approximate surface area is 175 Å². The highest BCUT2D eigenvalue weighted by Crippen LogP contribution is 2.15. The fraction of sp³-hybridized carbons (Fsp3) is 1.00. The molecule has 0 aromatic carbocycles. The van der Waals surface area contributed by atoms with Gasteiger partial charge in [0.15, 0.2) is 9.76 Å². The topological polar surface area (TPSA) is 9.23 Å². The molecule has 0 bridgehead atoms. The van der Waals surface area contributed by atoms with Gasteiger partial charge >= 0.3 is 0 Å². The Morgan fingerprint density at radius 3 is 1.41 bits per heavy atom. The van der Waals surface area contributed by atoms with E-state index in [0.717, 1.165) is 0 Å². The first-order valence-electron chi connectivity index (χ1n) is 13.0. The number of hydrogen-bond donors (Lipinski definition) is 0. The molecule has 0 aliphatic carbocycles. The van der Waals surface area contributed by atoms with E-state index in [1.807, 2.05) is 0 Å². The van der Waals surface area contributed by atoms with Gasteiger partial charge in [-0.15, -0.1) is 0 Å². The van der Waals surface area contributed by atoms with Crippen molar-refractivity contribution in [1.82, 2.24) is 0 Å². The lowest BCUT2D eigenvalue weighted by atomic mass is 10.0. The van der Waals surface area contributed by atoms with E-state index < -0.39 is 0 Å². The molecular formula is C25H54OSi. The van der Waals surface area contributed by atoms with E-state index in [1.165, 1.54) is 134 Å². The molecule has 164 valence electrons. The highest BCUT2D eigenvalue weighted by Gasteiger charge is 2.07. The van der Waals surface area contributed by atoms with Gasteiger partial charge in [-0.3, -0.25) is 0 Å². The van der Waals surface area contributed by atoms with Crippen molar-refractivity contribution in [2.24, 2.45) is 0 Å². The molecule has 1 nitrogen and oxygen atoms in total. The van der Waals surface area contributed by atoms with E-state index in [9.17, 15) is 0 Å². The van der Waals surface area contributed by atoms with Gasteiger partial charge in [0.05, 0.1) is 0 Å². The maximum atomic E-state index is 6.28. The van der Waals surface area contributed by atoms with E-state index in [2.05, 4.69) is 20.8 Å². The van der Waals surface area contributed by atoms with Crippen LogP contribution in [0, 0.1) is 0 Å². The lowest BCUT2D eigenvalue weighted by molar-refractivity contribution is 0.184. The number of rotatable bonds is 23. The molecule has 0 radical (unpaired) electrons. The molecule has 0 saturated carbocycles. The van der Waals surface area contributed by atoms with Gasteiger partial charge in [0, 0.05) is 6.10 Å². The minimum absolute atomic E-state index is 0.252. The standard InChI is InChI=1S/C25H54OSi/c1-4-7-9-10-11-12-13-14-15-16-17-18-19-21-24-27-26-25(22-6-3)23-20-8-5-2/h25H,4-24,27H2,1-3H3. The first-order chi connectivity index (χ1) is 13.3. The van der Waals surface area contributed by atoms with Gasteiger partial charge in [0.25, 0.3) is 0 Å². The van der Waals surface area contributed by atoms with Crippen LogP contribution in [-0.2, 0) is 4.43 Å². The molecule has 0 rings (SSSR count). The monoisotopic (exact) mass is 398 g/mol. The third-order valence-electron chi connectivity index (χ3n) is 5.84. The lowest BCUT2D eigenvalue weighted by Gasteiger charge is -2.17. The summed E-state index contributed by atoms with van der Waals surface area (Å²) in [6.45, 7) is 6.89. The summed E-state index contributed by atoms with van der Waals surface area (Å²) in [4.78, 5) is 0. The molecule has 0 aliphatic rings. The largest absolute Gasteiger partial charge is 0.421 e. The Hall–Kier alpha value is 0.177. The molecule has 0 aromatic heterocycles. The van der Waals surface area contributed by atoms with Crippen LogP contribution >= 0.6 is 0 Å². The normalized spacial score (nSPS) is 13.0. The third-order valence-corrected chi connectivity index (χ3v) is 7.34. The molecule has 1 unspecified atom stereocenters. The van der Waals surface area contributed by atoms with Crippen LogP contribution in [0.5, 0.6) is 0 Å². The first kappa shape index (κ1) is 27.2. The fourth-order valence-electron chi connectivity index (χ4n) is 3.98. The average Bonchev–Trinajstić information content (AvgIpc) is 2.67. The van der Waals surface area contributed by atoms with Crippen molar-refractivity contribution in [2.75, 3.05) is 0 Å². The molecule has 0 aromatic rings. The van der Waals surface area contributed by atoms with Crippen molar-refractivity contribution < 1.29 is 4.43 Å². The van der Waals surface area contributed by atoms with Crippen LogP contribution in [0.3, 0.4) is 0 Å². The summed E-state index contributed by atoms with van der Waals surface area (Å²) >= 11 is 0. The van der Waals surface area contributed by atoms with Gasteiger partial charge in [-0.25, -0.2) is 0 Å². The van der Waals surface area contributed by atoms with Crippen molar-refractivity contribution in [3.8, 4) is 0 Å². The van der Waals surface area contributed by atoms with Gasteiger partial charge in [-0.2, -0.15) is 0 Å². The zero-order valence-electron chi connectivity index (χ0n) is 19.5. The second-order valence-electron chi connectivity index (χ2n) is 8.73. The molecule has 1 atom stereocenters. The van der Waals surface area contributed by atoms with Crippen molar-refractivity contribution in [3.63, 3.8) is 0 Å². The summed E-state index contributed by atoms with van der Waals surface area (Å²) in [7, 11) is -0.252. The van der Waals surface area contributed by atoms with E-state index >= 15 is 0 Å². The smallest absolute Gasteiger partial charge is 0.161 e. The fourth-order valence-corrected chi connectivity index (χ4v) is 5.37. The lowest BCUT2D eigenvalue weighted by Crippen LogP contribution is -2.15. The van der Waals surface area contributed by atoms with Gasteiger partial charge in [0.1, 0.15) is 0 Å². The Bertz CT molecular complexity index is 257. The third kappa shape index (κ3) is 22.3. The van der Waals surface area contributed by atoms with Crippen LogP contribution in [0.1, 0.15) is 149 Å². The van der Waals surface area contributed by atoms with E-state index in [-0.39, 0.29) is 9.76 Å². The van der Waals surface area contributed by atoms with Crippen molar-refractivity contribution in [1.29, 1.82) is 0 Å². The van der Waals surface area contributed by atoms with Crippen LogP contribution in [0.4, 0.5) is 0 Å². The molecule has 0 saturated heterocycles. The Morgan fingerprint density at radius 2 is 0.926 bits per heavy atom. The van der Waals surface area contributed by atoms with Crippen molar-refractivity contribution >= 4 is 9.76 Å². The summed E-state index contributed by atoms with van der Waals surface area (Å²) < 4.78 is 6.28. The maximum absolute atomic E-state index is 6.28. The molecule has 0 N–H and O–H groups in total. The Kier molecular flexibility index (Phi) is 24.4. The summed E-state index contributed by atoms with van der Waals surface area (Å²) in [6.07, 6.45) is 29.0. The summed E-state index contributed by atoms with van der Waals surface area (Å²) in [5, 5.41) is 0. The molecule has 27 heavy (non-hydrogen) atoms. The Morgan fingerprint density at radius 1 is 0.481 bits per heavy atom. The summed E-state index contributed by atoms with van der Waals surface area (Å²) in [6, 6.07) is 1.41.